The molecular formula is C11H18N4O4S. The van der Waals surface area contributed by atoms with Crippen LogP contribution in [0.1, 0.15) is 13.3 Å². The third-order valence-corrected chi connectivity index (χ3v) is 3.26. The van der Waals surface area contributed by atoms with Gasteiger partial charge in [-0.25, -0.2) is 13.6 Å². The molecule has 0 saturated carbocycles. The van der Waals surface area contributed by atoms with Crippen LogP contribution in [0.25, 0.3) is 0 Å². The molecule has 1 aromatic carbocycles. The minimum absolute atomic E-state index is 0.0108. The van der Waals surface area contributed by atoms with Crippen LogP contribution >= 0.6 is 0 Å². The summed E-state index contributed by atoms with van der Waals surface area (Å²) in [4.78, 5) is 10.6. The molecule has 0 saturated heterocycles. The lowest BCUT2D eigenvalue weighted by atomic mass is 10.2. The zero-order chi connectivity index (χ0) is 15.2. The van der Waals surface area contributed by atoms with Gasteiger partial charge in [-0.1, -0.05) is 13.0 Å². The van der Waals surface area contributed by atoms with Crippen molar-refractivity contribution in [2.45, 2.75) is 13.3 Å². The van der Waals surface area contributed by atoms with Gasteiger partial charge in [-0.05, 0) is 18.6 Å². The fourth-order valence-electron chi connectivity index (χ4n) is 1.61. The highest BCUT2D eigenvalue weighted by Crippen LogP contribution is 2.32. The minimum atomic E-state index is -3.60. The Balaban J connectivity index is 2.91. The number of primary sulfonamides is 1. The molecule has 0 amide bonds. The van der Waals surface area contributed by atoms with Crippen LogP contribution in [0, 0.1) is 10.1 Å². The Kier molecular flexibility index (Phi) is 5.71. The van der Waals surface area contributed by atoms with Crippen molar-refractivity contribution in [2.24, 2.45) is 5.14 Å². The number of sulfonamides is 1. The van der Waals surface area contributed by atoms with Gasteiger partial charge >= 0.3 is 5.69 Å². The average molecular weight is 302 g/mol. The summed E-state index contributed by atoms with van der Waals surface area (Å²) in [5.41, 5.74) is 0.563. The Labute approximate surface area is 117 Å². The third-order valence-electron chi connectivity index (χ3n) is 2.49. The van der Waals surface area contributed by atoms with Crippen molar-refractivity contribution in [3.05, 3.63) is 28.3 Å². The van der Waals surface area contributed by atoms with E-state index in [1.165, 1.54) is 6.07 Å². The van der Waals surface area contributed by atoms with Gasteiger partial charge in [0, 0.05) is 13.1 Å². The average Bonchev–Trinajstić information content (AvgIpc) is 2.34. The van der Waals surface area contributed by atoms with E-state index in [4.69, 9.17) is 5.14 Å². The normalized spacial score (nSPS) is 11.1. The molecule has 9 heteroatoms. The van der Waals surface area contributed by atoms with Crippen LogP contribution in [0.2, 0.25) is 0 Å². The zero-order valence-electron chi connectivity index (χ0n) is 11.1. The molecule has 0 radical (unpaired) electrons. The van der Waals surface area contributed by atoms with E-state index >= 15 is 0 Å². The lowest BCUT2D eigenvalue weighted by molar-refractivity contribution is -0.383. The van der Waals surface area contributed by atoms with Gasteiger partial charge in [0.05, 0.1) is 10.7 Å². The van der Waals surface area contributed by atoms with E-state index in [9.17, 15) is 18.5 Å². The lowest BCUT2D eigenvalue weighted by Crippen LogP contribution is -2.22. The predicted octanol–water partition coefficient (Wildman–Crippen LogP) is 1.12. The molecule has 0 unspecified atom stereocenters. The highest BCUT2D eigenvalue weighted by Gasteiger charge is 2.19. The monoisotopic (exact) mass is 302 g/mol. The molecule has 8 nitrogen and oxygen atoms in total. The number of anilines is 2. The number of hydrogen-bond acceptors (Lipinski definition) is 6. The summed E-state index contributed by atoms with van der Waals surface area (Å²) in [6.07, 6.45) is 0.834. The van der Waals surface area contributed by atoms with Crippen molar-refractivity contribution >= 4 is 27.1 Å². The van der Waals surface area contributed by atoms with Gasteiger partial charge in [0.1, 0.15) is 11.4 Å². The summed E-state index contributed by atoms with van der Waals surface area (Å²) in [5.74, 6) is -0.295. The fraction of sp³-hybridized carbons (Fsp3) is 0.455. The first-order chi connectivity index (χ1) is 9.35. The van der Waals surface area contributed by atoms with Gasteiger partial charge in [-0.3, -0.25) is 10.1 Å². The first-order valence-electron chi connectivity index (χ1n) is 6.10. The quantitative estimate of drug-likeness (QED) is 0.487. The van der Waals surface area contributed by atoms with Gasteiger partial charge in [0.2, 0.25) is 10.0 Å². The van der Waals surface area contributed by atoms with E-state index in [0.29, 0.717) is 12.2 Å². The topological polar surface area (TPSA) is 127 Å². The molecule has 0 aliphatic rings. The molecule has 0 spiro atoms. The number of hydrogen-bond donors (Lipinski definition) is 3. The first kappa shape index (κ1) is 16.2. The minimum Gasteiger partial charge on any atom is -0.379 e. The summed E-state index contributed by atoms with van der Waals surface area (Å²) in [6.45, 7) is 2.57. The smallest absolute Gasteiger partial charge is 0.315 e. The van der Waals surface area contributed by atoms with Crippen molar-refractivity contribution in [3.63, 3.8) is 0 Å². The molecule has 0 aromatic heterocycles. The highest BCUT2D eigenvalue weighted by molar-refractivity contribution is 7.89. The number of benzene rings is 1. The molecule has 4 N–H and O–H groups in total. The molecule has 0 atom stereocenters. The van der Waals surface area contributed by atoms with Gasteiger partial charge in [-0.15, -0.1) is 0 Å². The van der Waals surface area contributed by atoms with E-state index in [-0.39, 0.29) is 23.7 Å². The Bertz CT molecular complexity index is 574. The number of nitrogens with zero attached hydrogens (tertiary/aromatic N) is 1. The van der Waals surface area contributed by atoms with Crippen molar-refractivity contribution in [1.29, 1.82) is 0 Å². The molecule has 112 valence electrons. The Morgan fingerprint density at radius 2 is 1.80 bits per heavy atom. The molecule has 0 heterocycles. The molecular weight excluding hydrogens is 284 g/mol. The highest BCUT2D eigenvalue weighted by atomic mass is 32.2. The van der Waals surface area contributed by atoms with E-state index in [1.54, 1.807) is 12.1 Å². The van der Waals surface area contributed by atoms with Crippen LogP contribution in [-0.2, 0) is 10.0 Å². The van der Waals surface area contributed by atoms with Crippen LogP contribution in [-0.4, -0.2) is 32.2 Å². The predicted molar refractivity (Wildman–Crippen MR) is 78.3 cm³/mol. The Morgan fingerprint density at radius 1 is 1.25 bits per heavy atom. The van der Waals surface area contributed by atoms with Crippen molar-refractivity contribution in [2.75, 3.05) is 29.5 Å². The summed E-state index contributed by atoms with van der Waals surface area (Å²) in [6, 6.07) is 4.79. The Morgan fingerprint density at radius 3 is 2.25 bits per heavy atom. The second kappa shape index (κ2) is 7.06. The van der Waals surface area contributed by atoms with Crippen LogP contribution in [0.3, 0.4) is 0 Å². The van der Waals surface area contributed by atoms with E-state index in [0.717, 1.165) is 6.42 Å². The van der Waals surface area contributed by atoms with Crippen molar-refractivity contribution < 1.29 is 13.3 Å². The van der Waals surface area contributed by atoms with E-state index < -0.39 is 14.9 Å². The number of nitrogens with two attached hydrogens (primary N) is 1. The molecule has 1 rings (SSSR count). The lowest BCUT2D eigenvalue weighted by Gasteiger charge is -2.11. The maximum absolute atomic E-state index is 11.1. The summed E-state index contributed by atoms with van der Waals surface area (Å²) in [7, 11) is -3.60. The number of rotatable bonds is 8. The van der Waals surface area contributed by atoms with Crippen LogP contribution in [0.5, 0.6) is 0 Å². The standard InChI is InChI=1S/C11H18N4O4S/c1-2-6-13-9-4-3-5-10(11(9)15(16)17)14-7-8-20(12,18)19/h3-5,13-14H,2,6-8H2,1H3,(H2,12,18,19). The van der Waals surface area contributed by atoms with Gasteiger partial charge in [-0.2, -0.15) is 0 Å². The van der Waals surface area contributed by atoms with Crippen LogP contribution in [0.15, 0.2) is 18.2 Å². The maximum Gasteiger partial charge on any atom is 0.315 e. The first-order valence-corrected chi connectivity index (χ1v) is 7.82. The zero-order valence-corrected chi connectivity index (χ0v) is 11.9. The number of para-hydroxylation sites is 1. The maximum atomic E-state index is 11.1. The number of nitrogens with one attached hydrogen (secondary N) is 2. The van der Waals surface area contributed by atoms with Gasteiger partial charge < -0.3 is 10.6 Å². The number of nitro benzene ring substituents is 1. The molecule has 20 heavy (non-hydrogen) atoms. The van der Waals surface area contributed by atoms with Crippen LogP contribution < -0.4 is 15.8 Å². The van der Waals surface area contributed by atoms with Crippen molar-refractivity contribution in [3.8, 4) is 0 Å². The summed E-state index contributed by atoms with van der Waals surface area (Å²) in [5, 5.41) is 21.7. The molecule has 0 aliphatic heterocycles. The van der Waals surface area contributed by atoms with Gasteiger partial charge in [0.25, 0.3) is 0 Å². The van der Waals surface area contributed by atoms with Crippen LogP contribution in [0.4, 0.5) is 17.1 Å². The SMILES string of the molecule is CCCNc1cccc(NCCS(N)(=O)=O)c1[N+](=O)[O-]. The van der Waals surface area contributed by atoms with Crippen molar-refractivity contribution in [1.82, 2.24) is 0 Å². The van der Waals surface area contributed by atoms with E-state index in [1.807, 2.05) is 6.92 Å². The molecule has 1 aromatic rings. The summed E-state index contributed by atoms with van der Waals surface area (Å²) >= 11 is 0. The second-order valence-corrected chi connectivity index (χ2v) is 5.91. The molecule has 0 aliphatic carbocycles. The molecule has 0 fully saturated rings. The summed E-state index contributed by atoms with van der Waals surface area (Å²) < 4.78 is 21.7. The van der Waals surface area contributed by atoms with Gasteiger partial charge in [0.15, 0.2) is 0 Å². The van der Waals surface area contributed by atoms with E-state index in [2.05, 4.69) is 10.6 Å². The number of nitro groups is 1. The third kappa shape index (κ3) is 5.02. The fourth-order valence-corrected chi connectivity index (χ4v) is 2.00. The molecule has 0 bridgehead atoms. The Hall–Kier alpha value is -1.87. The second-order valence-electron chi connectivity index (χ2n) is 4.18. The largest absolute Gasteiger partial charge is 0.379 e.